The highest BCUT2D eigenvalue weighted by Crippen LogP contribution is 2.40. The summed E-state index contributed by atoms with van der Waals surface area (Å²) in [5.41, 5.74) is 5.69. The topological polar surface area (TPSA) is 213 Å². The van der Waals surface area contributed by atoms with E-state index in [0.717, 1.165) is 22.7 Å². The molecular formula is C20H22N8O7S3. The van der Waals surface area contributed by atoms with Gasteiger partial charge in [-0.3, -0.25) is 19.2 Å². The van der Waals surface area contributed by atoms with Gasteiger partial charge < -0.3 is 25.8 Å². The SMILES string of the molecule is CCON=C(C(=O)NC1C(=O)N2C(C(=O)[O-])=C(C[n+]3cccc(NS(C)(=O)=O)c3)CS[C@H]12)c1nsc(N)n1. The fraction of sp³-hybridized carbons (Fsp3) is 0.350. The van der Waals surface area contributed by atoms with E-state index in [0.29, 0.717) is 5.57 Å². The number of nitrogens with zero attached hydrogens (tertiary/aromatic N) is 5. The van der Waals surface area contributed by atoms with Gasteiger partial charge in [0.1, 0.15) is 23.7 Å². The number of aliphatic carboxylic acids is 1. The van der Waals surface area contributed by atoms with Crippen LogP contribution < -0.4 is 25.4 Å². The molecule has 4 rings (SSSR count). The number of carbonyl (C=O) groups is 3. The highest BCUT2D eigenvalue weighted by Gasteiger charge is 2.53. The monoisotopic (exact) mass is 582 g/mol. The number of sulfonamides is 1. The zero-order valence-electron chi connectivity index (χ0n) is 20.0. The van der Waals surface area contributed by atoms with Gasteiger partial charge in [0.25, 0.3) is 11.8 Å². The Morgan fingerprint density at radius 3 is 2.82 bits per heavy atom. The van der Waals surface area contributed by atoms with Gasteiger partial charge in [-0.2, -0.15) is 13.9 Å². The molecule has 2 aliphatic rings. The first-order valence-corrected chi connectivity index (χ1v) is 14.6. The summed E-state index contributed by atoms with van der Waals surface area (Å²) >= 11 is 2.11. The van der Waals surface area contributed by atoms with Gasteiger partial charge in [-0.05, 0) is 13.0 Å². The van der Waals surface area contributed by atoms with Gasteiger partial charge >= 0.3 is 0 Å². The van der Waals surface area contributed by atoms with Crippen molar-refractivity contribution in [2.75, 3.05) is 29.1 Å². The molecule has 0 bridgehead atoms. The highest BCUT2D eigenvalue weighted by atomic mass is 32.2. The van der Waals surface area contributed by atoms with Crippen LogP contribution >= 0.6 is 23.3 Å². The quantitative estimate of drug-likeness (QED) is 0.116. The lowest BCUT2D eigenvalue weighted by Crippen LogP contribution is -2.71. The number of hydrogen-bond acceptors (Lipinski definition) is 13. The molecule has 2 aromatic heterocycles. The Hall–Kier alpha value is -3.77. The summed E-state index contributed by atoms with van der Waals surface area (Å²) in [5.74, 6) is -2.84. The number of carboxylic acids is 1. The maximum absolute atomic E-state index is 13.0. The lowest BCUT2D eigenvalue weighted by atomic mass is 10.0. The van der Waals surface area contributed by atoms with Gasteiger partial charge in [0.15, 0.2) is 24.1 Å². The highest BCUT2D eigenvalue weighted by molar-refractivity contribution is 8.00. The summed E-state index contributed by atoms with van der Waals surface area (Å²) in [6.45, 7) is 1.89. The molecule has 0 radical (unpaired) electrons. The molecule has 15 nitrogen and oxygen atoms in total. The summed E-state index contributed by atoms with van der Waals surface area (Å²) in [6, 6.07) is 2.10. The predicted octanol–water partition coefficient (Wildman–Crippen LogP) is -2.38. The third-order valence-electron chi connectivity index (χ3n) is 5.22. The van der Waals surface area contributed by atoms with Gasteiger partial charge in [0.05, 0.1) is 17.9 Å². The maximum atomic E-state index is 13.0. The van der Waals surface area contributed by atoms with E-state index in [1.165, 1.54) is 18.0 Å². The zero-order valence-corrected chi connectivity index (χ0v) is 22.4. The number of fused-ring (bicyclic) bond motifs is 1. The molecule has 18 heteroatoms. The number of nitrogens with two attached hydrogens (primary N) is 1. The van der Waals surface area contributed by atoms with E-state index >= 15 is 0 Å². The lowest BCUT2D eigenvalue weighted by Gasteiger charge is -2.50. The first-order valence-electron chi connectivity index (χ1n) is 10.9. The molecule has 4 N–H and O–H groups in total. The second-order valence-electron chi connectivity index (χ2n) is 8.05. The van der Waals surface area contributed by atoms with Gasteiger partial charge in [-0.25, -0.2) is 8.42 Å². The number of pyridine rings is 1. The van der Waals surface area contributed by atoms with Crippen molar-refractivity contribution < 1.29 is 37.3 Å². The number of aromatic nitrogens is 3. The minimum absolute atomic E-state index is 0.0607. The molecule has 0 aliphatic carbocycles. The molecule has 1 saturated heterocycles. The first-order chi connectivity index (χ1) is 18.0. The summed E-state index contributed by atoms with van der Waals surface area (Å²) in [4.78, 5) is 48.0. The number of nitrogen functional groups attached to an aromatic ring is 1. The van der Waals surface area contributed by atoms with Crippen molar-refractivity contribution in [2.24, 2.45) is 5.16 Å². The first kappa shape index (κ1) is 27.3. The van der Waals surface area contributed by atoms with E-state index in [9.17, 15) is 27.9 Å². The van der Waals surface area contributed by atoms with Crippen LogP contribution in [0.25, 0.3) is 0 Å². The Bertz CT molecular complexity index is 1460. The Morgan fingerprint density at radius 2 is 2.18 bits per heavy atom. The molecule has 202 valence electrons. The van der Waals surface area contributed by atoms with Crippen LogP contribution in [0, 0.1) is 0 Å². The van der Waals surface area contributed by atoms with Gasteiger partial charge in [0.2, 0.25) is 21.6 Å². The van der Waals surface area contributed by atoms with Crippen LogP contribution in [0.5, 0.6) is 0 Å². The smallest absolute Gasteiger partial charge is 0.278 e. The minimum Gasteiger partial charge on any atom is -0.543 e. The average Bonchev–Trinajstić information content (AvgIpc) is 3.27. The Kier molecular flexibility index (Phi) is 7.83. The van der Waals surface area contributed by atoms with E-state index in [1.807, 2.05) is 0 Å². The molecule has 2 aromatic rings. The van der Waals surface area contributed by atoms with Crippen LogP contribution in [-0.2, 0) is 35.8 Å². The number of carbonyl (C=O) groups excluding carboxylic acids is 3. The van der Waals surface area contributed by atoms with Crippen molar-refractivity contribution in [2.45, 2.75) is 24.9 Å². The molecule has 2 atom stereocenters. The van der Waals surface area contributed by atoms with E-state index in [1.54, 1.807) is 29.8 Å². The molecule has 1 fully saturated rings. The molecule has 0 aromatic carbocycles. The van der Waals surface area contributed by atoms with Crippen molar-refractivity contribution in [3.8, 4) is 0 Å². The molecule has 0 spiro atoms. The predicted molar refractivity (Wildman–Crippen MR) is 135 cm³/mol. The lowest BCUT2D eigenvalue weighted by molar-refractivity contribution is -0.688. The standard InChI is InChI=1S/C20H22N8O7S3/c1-3-35-24-12(15-23-20(21)37-25-15)16(29)22-13-17(30)28-14(19(31)32)10(9-36-18(13)28)7-27-6-4-5-11(8-27)26-38(2,33)34/h4-6,8,13,18,26H,3,7,9H2,1-2H3,(H3-,21,22,23,25,29,31,32)/t13?,18-/m1/s1. The number of amides is 2. The molecule has 0 saturated carbocycles. The number of β-lactam (4-membered cyclic amide) rings is 1. The summed E-state index contributed by atoms with van der Waals surface area (Å²) in [7, 11) is -3.51. The van der Waals surface area contributed by atoms with Crippen molar-refractivity contribution in [3.05, 3.63) is 41.6 Å². The summed E-state index contributed by atoms with van der Waals surface area (Å²) in [6.07, 6.45) is 4.14. The Labute approximate surface area is 225 Å². The van der Waals surface area contributed by atoms with Gasteiger partial charge in [0, 0.05) is 28.9 Å². The van der Waals surface area contributed by atoms with Crippen molar-refractivity contribution in [3.63, 3.8) is 0 Å². The van der Waals surface area contributed by atoms with Gasteiger partial charge in [-0.1, -0.05) is 5.16 Å². The molecule has 4 heterocycles. The van der Waals surface area contributed by atoms with E-state index in [2.05, 4.69) is 24.6 Å². The van der Waals surface area contributed by atoms with Crippen molar-refractivity contribution in [1.82, 2.24) is 19.6 Å². The number of oxime groups is 1. The number of nitrogens with one attached hydrogen (secondary N) is 2. The fourth-order valence-corrected chi connectivity index (χ4v) is 6.08. The molecule has 2 aliphatic heterocycles. The number of carboxylic acid groups (broad SMARTS) is 1. The molecule has 38 heavy (non-hydrogen) atoms. The van der Waals surface area contributed by atoms with Gasteiger partial charge in [-0.15, -0.1) is 11.8 Å². The van der Waals surface area contributed by atoms with Crippen LogP contribution in [0.3, 0.4) is 0 Å². The van der Waals surface area contributed by atoms with Crippen molar-refractivity contribution >= 4 is 67.6 Å². The molecule has 2 amide bonds. The normalized spacial score (nSPS) is 19.5. The second kappa shape index (κ2) is 10.9. The van der Waals surface area contributed by atoms with Crippen molar-refractivity contribution in [1.29, 1.82) is 0 Å². The molecular weight excluding hydrogens is 560 g/mol. The summed E-state index contributed by atoms with van der Waals surface area (Å²) < 4.78 is 30.9. The largest absolute Gasteiger partial charge is 0.543 e. The minimum atomic E-state index is -3.51. The fourth-order valence-electron chi connectivity index (χ4n) is 3.76. The Morgan fingerprint density at radius 1 is 1.42 bits per heavy atom. The van der Waals surface area contributed by atoms with Crippen LogP contribution in [-0.4, -0.2) is 76.2 Å². The number of rotatable bonds is 10. The van der Waals surface area contributed by atoms with Crippen LogP contribution in [0.15, 0.2) is 41.0 Å². The third-order valence-corrected chi connectivity index (χ3v) is 7.70. The maximum Gasteiger partial charge on any atom is 0.278 e. The van der Waals surface area contributed by atoms with E-state index in [4.69, 9.17) is 10.6 Å². The third kappa shape index (κ3) is 5.86. The zero-order chi connectivity index (χ0) is 27.6. The number of hydrogen-bond donors (Lipinski definition) is 3. The van der Waals surface area contributed by atoms with E-state index < -0.39 is 39.2 Å². The second-order valence-corrected chi connectivity index (χ2v) is 11.7. The van der Waals surface area contributed by atoms with Crippen LogP contribution in [0.1, 0.15) is 12.7 Å². The number of anilines is 2. The molecule has 1 unspecified atom stereocenters. The van der Waals surface area contributed by atoms with Crippen LogP contribution in [0.2, 0.25) is 0 Å². The van der Waals surface area contributed by atoms with Crippen LogP contribution in [0.4, 0.5) is 10.8 Å². The number of thioether (sulfide) groups is 1. The summed E-state index contributed by atoms with van der Waals surface area (Å²) in [5, 5.41) is 17.8. The van der Waals surface area contributed by atoms with E-state index in [-0.39, 0.29) is 47.0 Å². The average molecular weight is 583 g/mol. The Balaban J connectivity index is 1.53.